The molecule has 4 rings (SSSR count). The molecule has 0 spiro atoms. The van der Waals surface area contributed by atoms with Crippen LogP contribution in [-0.2, 0) is 17.3 Å². The number of fused-ring (bicyclic) bond motifs is 1. The van der Waals surface area contributed by atoms with Gasteiger partial charge in [0.2, 0.25) is 11.8 Å². The molecule has 1 unspecified atom stereocenters. The van der Waals surface area contributed by atoms with E-state index in [0.717, 1.165) is 6.42 Å². The van der Waals surface area contributed by atoms with E-state index in [9.17, 15) is 9.59 Å². The lowest BCUT2D eigenvalue weighted by Gasteiger charge is -2.26. The molecular formula is C19H26N6O3. The van der Waals surface area contributed by atoms with Crippen LogP contribution in [0.1, 0.15) is 48.9 Å². The molecule has 9 heteroatoms. The molecule has 28 heavy (non-hydrogen) atoms. The molecule has 1 aliphatic carbocycles. The van der Waals surface area contributed by atoms with E-state index in [1.165, 1.54) is 0 Å². The molecule has 150 valence electrons. The molecule has 1 N–H and O–H groups in total. The Kier molecular flexibility index (Phi) is 4.47. The van der Waals surface area contributed by atoms with E-state index >= 15 is 0 Å². The van der Waals surface area contributed by atoms with Gasteiger partial charge in [-0.2, -0.15) is 4.98 Å². The van der Waals surface area contributed by atoms with Crippen LogP contribution in [0.2, 0.25) is 0 Å². The second kappa shape index (κ2) is 6.72. The number of rotatable bonds is 4. The molecule has 1 saturated carbocycles. The van der Waals surface area contributed by atoms with Crippen molar-refractivity contribution in [1.82, 2.24) is 29.9 Å². The minimum absolute atomic E-state index is 0.0177. The maximum Gasteiger partial charge on any atom is 0.269 e. The van der Waals surface area contributed by atoms with Crippen LogP contribution in [0, 0.1) is 18.8 Å². The summed E-state index contributed by atoms with van der Waals surface area (Å²) in [5.74, 6) is 1.27. The molecule has 2 aromatic rings. The third kappa shape index (κ3) is 2.98. The van der Waals surface area contributed by atoms with Gasteiger partial charge in [-0.3, -0.25) is 9.59 Å². The zero-order chi connectivity index (χ0) is 20.1. The highest BCUT2D eigenvalue weighted by Gasteiger charge is 2.58. The van der Waals surface area contributed by atoms with E-state index < -0.39 is 5.41 Å². The van der Waals surface area contributed by atoms with Crippen molar-refractivity contribution in [2.75, 3.05) is 13.1 Å². The van der Waals surface area contributed by atoms with Gasteiger partial charge in [-0.15, -0.1) is 0 Å². The Bertz CT molecular complexity index is 903. The van der Waals surface area contributed by atoms with E-state index in [2.05, 4.69) is 20.4 Å². The molecule has 0 radical (unpaired) electrons. The summed E-state index contributed by atoms with van der Waals surface area (Å²) in [5, 5.41) is 7.10. The van der Waals surface area contributed by atoms with Gasteiger partial charge in [0, 0.05) is 32.1 Å². The van der Waals surface area contributed by atoms with Gasteiger partial charge in [0.1, 0.15) is 5.69 Å². The second-order valence-electron chi connectivity index (χ2n) is 8.37. The molecular weight excluding hydrogens is 360 g/mol. The van der Waals surface area contributed by atoms with Crippen molar-refractivity contribution in [3.05, 3.63) is 29.9 Å². The van der Waals surface area contributed by atoms with E-state index in [4.69, 9.17) is 4.52 Å². The largest absolute Gasteiger partial charge is 0.348 e. The smallest absolute Gasteiger partial charge is 0.269 e. The number of likely N-dealkylation sites (tertiary alicyclic amines) is 1. The first-order valence-electron chi connectivity index (χ1n) is 9.67. The quantitative estimate of drug-likeness (QED) is 0.842. The number of aryl methyl sites for hydroxylation is 2. The van der Waals surface area contributed by atoms with Crippen molar-refractivity contribution in [2.45, 2.75) is 45.1 Å². The number of nitrogens with zero attached hydrogens (tertiary/aromatic N) is 5. The lowest BCUT2D eigenvalue weighted by molar-refractivity contribution is -0.133. The maximum atomic E-state index is 12.6. The predicted octanol–water partition coefficient (Wildman–Crippen LogP) is 1.06. The molecule has 0 aromatic carbocycles. The third-order valence-corrected chi connectivity index (χ3v) is 6.02. The first-order valence-corrected chi connectivity index (χ1v) is 9.67. The number of amides is 2. The summed E-state index contributed by atoms with van der Waals surface area (Å²) in [4.78, 5) is 35.6. The lowest BCUT2D eigenvalue weighted by atomic mass is 9.80. The Balaban J connectivity index is 1.57. The van der Waals surface area contributed by atoms with Gasteiger partial charge in [0.15, 0.2) is 5.82 Å². The maximum absolute atomic E-state index is 12.6. The topological polar surface area (TPSA) is 106 Å². The molecule has 2 aromatic heterocycles. The van der Waals surface area contributed by atoms with Gasteiger partial charge in [-0.05, 0) is 25.7 Å². The van der Waals surface area contributed by atoms with Gasteiger partial charge < -0.3 is 19.3 Å². The molecule has 2 amide bonds. The average molecular weight is 386 g/mol. The van der Waals surface area contributed by atoms with Crippen molar-refractivity contribution >= 4 is 11.8 Å². The van der Waals surface area contributed by atoms with Gasteiger partial charge in [-0.1, -0.05) is 19.0 Å². The van der Waals surface area contributed by atoms with Crippen LogP contribution in [0.25, 0.3) is 0 Å². The average Bonchev–Trinajstić information content (AvgIpc) is 3.37. The molecule has 9 nitrogen and oxygen atoms in total. The van der Waals surface area contributed by atoms with Gasteiger partial charge >= 0.3 is 0 Å². The SMILES string of the molecule is Cc1noc([C@]23C[C@H](NC(=O)c4cncn4C)CC2CN(C(=O)C(C)C)C3)n1. The van der Waals surface area contributed by atoms with Crippen LogP contribution in [0.5, 0.6) is 0 Å². The van der Waals surface area contributed by atoms with Crippen LogP contribution in [0.3, 0.4) is 0 Å². The normalized spacial score (nSPS) is 26.7. The molecule has 3 heterocycles. The highest BCUT2D eigenvalue weighted by Crippen LogP contribution is 2.50. The Morgan fingerprint density at radius 3 is 2.79 bits per heavy atom. The first kappa shape index (κ1) is 18.6. The minimum Gasteiger partial charge on any atom is -0.348 e. The number of imidazole rings is 1. The summed E-state index contributed by atoms with van der Waals surface area (Å²) in [7, 11) is 1.80. The van der Waals surface area contributed by atoms with E-state index in [0.29, 0.717) is 36.9 Å². The zero-order valence-electron chi connectivity index (χ0n) is 16.7. The molecule has 1 saturated heterocycles. The first-order chi connectivity index (χ1) is 13.3. The Hall–Kier alpha value is -2.71. The summed E-state index contributed by atoms with van der Waals surface area (Å²) < 4.78 is 7.26. The van der Waals surface area contributed by atoms with E-state index in [1.807, 2.05) is 18.7 Å². The zero-order valence-corrected chi connectivity index (χ0v) is 16.7. The molecule has 3 atom stereocenters. The highest BCUT2D eigenvalue weighted by molar-refractivity contribution is 5.92. The fourth-order valence-electron chi connectivity index (χ4n) is 4.68. The fourth-order valence-corrected chi connectivity index (χ4v) is 4.68. The van der Waals surface area contributed by atoms with Crippen molar-refractivity contribution in [1.29, 1.82) is 0 Å². The number of aromatic nitrogens is 4. The van der Waals surface area contributed by atoms with Crippen LogP contribution in [-0.4, -0.2) is 55.5 Å². The van der Waals surface area contributed by atoms with Crippen LogP contribution in [0.4, 0.5) is 0 Å². The number of carbonyl (C=O) groups is 2. The summed E-state index contributed by atoms with van der Waals surface area (Å²) in [6, 6.07) is -0.0177. The van der Waals surface area contributed by atoms with Crippen molar-refractivity contribution < 1.29 is 14.1 Å². The van der Waals surface area contributed by atoms with Crippen LogP contribution in [0.15, 0.2) is 17.0 Å². The summed E-state index contributed by atoms with van der Waals surface area (Å²) in [6.45, 7) is 6.82. The number of hydrogen-bond acceptors (Lipinski definition) is 6. The van der Waals surface area contributed by atoms with Crippen molar-refractivity contribution in [3.63, 3.8) is 0 Å². The standard InChI is InChI=1S/C19H26N6O3/c1-11(2)17(27)25-8-13-5-14(22-16(26)15-7-20-10-24(15)4)6-19(13,9-25)18-21-12(3)23-28-18/h7,10-11,13-14H,5-6,8-9H2,1-4H3,(H,22,26)/t13?,14-,19+/m1/s1. The number of hydrogen-bond donors (Lipinski definition) is 1. The predicted molar refractivity (Wildman–Crippen MR) is 99.3 cm³/mol. The Morgan fingerprint density at radius 2 is 2.18 bits per heavy atom. The molecule has 2 aliphatic rings. The summed E-state index contributed by atoms with van der Waals surface area (Å²) in [5.41, 5.74) is 0.118. The number of nitrogens with one attached hydrogen (secondary N) is 1. The summed E-state index contributed by atoms with van der Waals surface area (Å²) in [6.07, 6.45) is 4.61. The third-order valence-electron chi connectivity index (χ3n) is 6.02. The highest BCUT2D eigenvalue weighted by atomic mass is 16.5. The molecule has 2 fully saturated rings. The minimum atomic E-state index is -0.407. The van der Waals surface area contributed by atoms with Crippen molar-refractivity contribution in [2.24, 2.45) is 18.9 Å². The summed E-state index contributed by atoms with van der Waals surface area (Å²) >= 11 is 0. The van der Waals surface area contributed by atoms with Gasteiger partial charge in [0.05, 0.1) is 17.9 Å². The number of carbonyl (C=O) groups excluding carboxylic acids is 2. The lowest BCUT2D eigenvalue weighted by Crippen LogP contribution is -2.40. The van der Waals surface area contributed by atoms with Crippen molar-refractivity contribution in [3.8, 4) is 0 Å². The van der Waals surface area contributed by atoms with E-state index in [1.54, 1.807) is 31.1 Å². The Labute approximate surface area is 163 Å². The molecule has 0 bridgehead atoms. The fraction of sp³-hybridized carbons (Fsp3) is 0.632. The second-order valence-corrected chi connectivity index (χ2v) is 8.37. The van der Waals surface area contributed by atoms with Crippen LogP contribution >= 0.6 is 0 Å². The molecule has 1 aliphatic heterocycles. The Morgan fingerprint density at radius 1 is 1.39 bits per heavy atom. The van der Waals surface area contributed by atoms with Gasteiger partial charge in [-0.25, -0.2) is 4.98 Å². The van der Waals surface area contributed by atoms with E-state index in [-0.39, 0.29) is 29.7 Å². The monoisotopic (exact) mass is 386 g/mol. The van der Waals surface area contributed by atoms with Gasteiger partial charge in [0.25, 0.3) is 5.91 Å². The van der Waals surface area contributed by atoms with Crippen LogP contribution < -0.4 is 5.32 Å².